The van der Waals surface area contributed by atoms with Gasteiger partial charge in [-0.2, -0.15) is 0 Å². The SMILES string of the molecule is Cl.Cl.NC1CC(c2cc(NCCCCN3CCCCCC3)ncn2)C1. The van der Waals surface area contributed by atoms with Gasteiger partial charge in [0.05, 0.1) is 0 Å². The summed E-state index contributed by atoms with van der Waals surface area (Å²) in [5.74, 6) is 1.50. The summed E-state index contributed by atoms with van der Waals surface area (Å²) in [5.41, 5.74) is 7.01. The number of hydrogen-bond donors (Lipinski definition) is 2. The highest BCUT2D eigenvalue weighted by Crippen LogP contribution is 2.34. The van der Waals surface area contributed by atoms with Gasteiger partial charge in [-0.3, -0.25) is 0 Å². The van der Waals surface area contributed by atoms with Crippen molar-refractivity contribution in [3.63, 3.8) is 0 Å². The maximum absolute atomic E-state index is 5.87. The van der Waals surface area contributed by atoms with Crippen molar-refractivity contribution in [2.75, 3.05) is 31.5 Å². The summed E-state index contributed by atoms with van der Waals surface area (Å²) in [6.07, 6.45) is 11.9. The van der Waals surface area contributed by atoms with Crippen molar-refractivity contribution >= 4 is 30.6 Å². The van der Waals surface area contributed by atoms with Crippen molar-refractivity contribution in [2.45, 2.75) is 63.3 Å². The Morgan fingerprint density at radius 3 is 2.44 bits per heavy atom. The van der Waals surface area contributed by atoms with Gasteiger partial charge in [-0.15, -0.1) is 24.8 Å². The number of aromatic nitrogens is 2. The van der Waals surface area contributed by atoms with Gasteiger partial charge in [0.15, 0.2) is 0 Å². The molecular formula is C18H33Cl2N5. The van der Waals surface area contributed by atoms with Gasteiger partial charge >= 0.3 is 0 Å². The van der Waals surface area contributed by atoms with Gasteiger partial charge in [0.25, 0.3) is 0 Å². The van der Waals surface area contributed by atoms with Crippen molar-refractivity contribution in [1.29, 1.82) is 0 Å². The van der Waals surface area contributed by atoms with Crippen LogP contribution in [0, 0.1) is 0 Å². The second-order valence-corrected chi connectivity index (χ2v) is 7.15. The van der Waals surface area contributed by atoms with E-state index in [1.54, 1.807) is 6.33 Å². The first-order chi connectivity index (χ1) is 11.3. The fraction of sp³-hybridized carbons (Fsp3) is 0.778. The first kappa shape index (κ1) is 22.4. The molecule has 0 spiro atoms. The number of nitrogens with one attached hydrogen (secondary N) is 1. The van der Waals surface area contributed by atoms with Crippen LogP contribution >= 0.6 is 24.8 Å². The number of nitrogens with zero attached hydrogens (tertiary/aromatic N) is 3. The van der Waals surface area contributed by atoms with Crippen molar-refractivity contribution in [2.24, 2.45) is 5.73 Å². The molecule has 3 rings (SSSR count). The predicted molar refractivity (Wildman–Crippen MR) is 109 cm³/mol. The van der Waals surface area contributed by atoms with E-state index in [0.29, 0.717) is 12.0 Å². The zero-order valence-electron chi connectivity index (χ0n) is 15.0. The summed E-state index contributed by atoms with van der Waals surface area (Å²) < 4.78 is 0. The highest BCUT2D eigenvalue weighted by Gasteiger charge is 2.28. The molecule has 0 bridgehead atoms. The van der Waals surface area contributed by atoms with Crippen LogP contribution in [0.15, 0.2) is 12.4 Å². The molecular weight excluding hydrogens is 357 g/mol. The number of hydrogen-bond acceptors (Lipinski definition) is 5. The number of unbranched alkanes of at least 4 members (excludes halogenated alkanes) is 1. The van der Waals surface area contributed by atoms with E-state index >= 15 is 0 Å². The lowest BCUT2D eigenvalue weighted by Crippen LogP contribution is -2.35. The van der Waals surface area contributed by atoms with E-state index in [9.17, 15) is 0 Å². The number of rotatable bonds is 7. The van der Waals surface area contributed by atoms with E-state index in [0.717, 1.165) is 30.9 Å². The molecule has 25 heavy (non-hydrogen) atoms. The number of anilines is 1. The van der Waals surface area contributed by atoms with Crippen LogP contribution in [0.4, 0.5) is 5.82 Å². The third-order valence-corrected chi connectivity index (χ3v) is 5.19. The lowest BCUT2D eigenvalue weighted by atomic mass is 9.79. The molecule has 0 atom stereocenters. The standard InChI is InChI=1S/C18H31N5.2ClH/c19-16-11-15(12-16)17-13-18(22-14-21-17)20-7-3-6-10-23-8-4-1-2-5-9-23;;/h13-16H,1-12,19H2,(H,20,21,22);2*1H. The topological polar surface area (TPSA) is 67.1 Å². The molecule has 0 unspecified atom stereocenters. The van der Waals surface area contributed by atoms with Gasteiger partial charge in [-0.25, -0.2) is 9.97 Å². The number of likely N-dealkylation sites (tertiary alicyclic amines) is 1. The van der Waals surface area contributed by atoms with Crippen LogP contribution in [0.2, 0.25) is 0 Å². The lowest BCUT2D eigenvalue weighted by molar-refractivity contribution is 0.280. The molecule has 1 saturated heterocycles. The highest BCUT2D eigenvalue weighted by molar-refractivity contribution is 5.85. The number of nitrogens with two attached hydrogens (primary N) is 1. The zero-order valence-corrected chi connectivity index (χ0v) is 16.7. The van der Waals surface area contributed by atoms with Crippen molar-refractivity contribution in [3.8, 4) is 0 Å². The molecule has 1 aromatic heterocycles. The Labute approximate surface area is 164 Å². The molecule has 5 nitrogen and oxygen atoms in total. The van der Waals surface area contributed by atoms with Crippen LogP contribution in [0.3, 0.4) is 0 Å². The summed E-state index contributed by atoms with van der Waals surface area (Å²) in [7, 11) is 0. The molecule has 0 aromatic carbocycles. The Kier molecular flexibility index (Phi) is 10.7. The molecule has 1 aromatic rings. The zero-order chi connectivity index (χ0) is 15.9. The number of halogens is 2. The van der Waals surface area contributed by atoms with Gasteiger partial charge in [0.1, 0.15) is 12.1 Å². The highest BCUT2D eigenvalue weighted by atomic mass is 35.5. The molecule has 3 N–H and O–H groups in total. The summed E-state index contributed by atoms with van der Waals surface area (Å²) in [6.45, 7) is 4.84. The molecule has 144 valence electrons. The average Bonchev–Trinajstić information content (AvgIpc) is 2.81. The van der Waals surface area contributed by atoms with E-state index in [-0.39, 0.29) is 24.8 Å². The summed E-state index contributed by atoms with van der Waals surface area (Å²) in [4.78, 5) is 11.4. The molecule has 0 radical (unpaired) electrons. The Hall–Kier alpha value is -0.620. The summed E-state index contributed by atoms with van der Waals surface area (Å²) in [6, 6.07) is 2.47. The van der Waals surface area contributed by atoms with Crippen LogP contribution in [-0.2, 0) is 0 Å². The molecule has 7 heteroatoms. The second kappa shape index (κ2) is 11.9. The van der Waals surface area contributed by atoms with Crippen LogP contribution < -0.4 is 11.1 Å². The normalized spacial score (nSPS) is 23.6. The fourth-order valence-corrected chi connectivity index (χ4v) is 3.63. The smallest absolute Gasteiger partial charge is 0.129 e. The second-order valence-electron chi connectivity index (χ2n) is 7.15. The minimum absolute atomic E-state index is 0. The van der Waals surface area contributed by atoms with E-state index in [2.05, 4.69) is 26.3 Å². The Morgan fingerprint density at radius 1 is 1.04 bits per heavy atom. The predicted octanol–water partition coefficient (Wildman–Crippen LogP) is 3.59. The fourth-order valence-electron chi connectivity index (χ4n) is 3.63. The van der Waals surface area contributed by atoms with Crippen molar-refractivity contribution < 1.29 is 0 Å². The van der Waals surface area contributed by atoms with Crippen LogP contribution in [0.1, 0.15) is 63.0 Å². The van der Waals surface area contributed by atoms with Gasteiger partial charge in [0, 0.05) is 30.3 Å². The van der Waals surface area contributed by atoms with Gasteiger partial charge in [-0.1, -0.05) is 12.8 Å². The first-order valence-electron chi connectivity index (χ1n) is 9.35. The molecule has 1 saturated carbocycles. The Morgan fingerprint density at radius 2 is 1.76 bits per heavy atom. The van der Waals surface area contributed by atoms with Gasteiger partial charge < -0.3 is 16.0 Å². The molecule has 1 aliphatic heterocycles. The minimum atomic E-state index is 0. The van der Waals surface area contributed by atoms with Crippen LogP contribution in [0.5, 0.6) is 0 Å². The minimum Gasteiger partial charge on any atom is -0.370 e. The van der Waals surface area contributed by atoms with E-state index < -0.39 is 0 Å². The molecule has 0 amide bonds. The third kappa shape index (κ3) is 7.26. The maximum Gasteiger partial charge on any atom is 0.129 e. The third-order valence-electron chi connectivity index (χ3n) is 5.19. The summed E-state index contributed by atoms with van der Waals surface area (Å²) in [5, 5.41) is 3.45. The van der Waals surface area contributed by atoms with E-state index in [1.807, 2.05) is 0 Å². The largest absolute Gasteiger partial charge is 0.370 e. The Balaban J connectivity index is 0.00000156. The summed E-state index contributed by atoms with van der Waals surface area (Å²) >= 11 is 0. The van der Waals surface area contributed by atoms with Crippen LogP contribution in [-0.4, -0.2) is 47.1 Å². The van der Waals surface area contributed by atoms with Crippen molar-refractivity contribution in [1.82, 2.24) is 14.9 Å². The Bertz CT molecular complexity index is 474. The molecule has 2 aliphatic rings. The van der Waals surface area contributed by atoms with Gasteiger partial charge in [0.2, 0.25) is 0 Å². The maximum atomic E-state index is 5.87. The first-order valence-corrected chi connectivity index (χ1v) is 9.35. The van der Waals surface area contributed by atoms with E-state index in [1.165, 1.54) is 58.2 Å². The molecule has 2 fully saturated rings. The lowest BCUT2D eigenvalue weighted by Gasteiger charge is -2.31. The van der Waals surface area contributed by atoms with Gasteiger partial charge in [-0.05, 0) is 58.2 Å². The molecule has 2 heterocycles. The monoisotopic (exact) mass is 389 g/mol. The van der Waals surface area contributed by atoms with Crippen molar-refractivity contribution in [3.05, 3.63) is 18.1 Å². The van der Waals surface area contributed by atoms with E-state index in [4.69, 9.17) is 5.73 Å². The quantitative estimate of drug-likeness (QED) is 0.697. The van der Waals surface area contributed by atoms with Crippen LogP contribution in [0.25, 0.3) is 0 Å². The molecule has 1 aliphatic carbocycles. The average molecular weight is 390 g/mol.